The zero-order valence-electron chi connectivity index (χ0n) is 9.03. The Bertz CT molecular complexity index is 346. The normalized spacial score (nSPS) is 11.8. The fraction of sp³-hybridized carbons (Fsp3) is 0.455. The summed E-state index contributed by atoms with van der Waals surface area (Å²) in [6.45, 7) is 3.56. The van der Waals surface area contributed by atoms with Gasteiger partial charge in [-0.05, 0) is 12.0 Å². The average Bonchev–Trinajstić information content (AvgIpc) is 2.27. The molecule has 0 fully saturated rings. The molecule has 4 nitrogen and oxygen atoms in total. The van der Waals surface area contributed by atoms with Crippen LogP contribution < -0.4 is 5.32 Å². The molecule has 1 atom stereocenters. The highest BCUT2D eigenvalue weighted by molar-refractivity contribution is 5.55. The monoisotopic (exact) mass is 205 g/mol. The summed E-state index contributed by atoms with van der Waals surface area (Å²) >= 11 is 0. The number of pyridine rings is 1. The minimum Gasteiger partial charge on any atom is -0.384 e. The van der Waals surface area contributed by atoms with E-state index in [9.17, 15) is 0 Å². The van der Waals surface area contributed by atoms with Gasteiger partial charge in [0.1, 0.15) is 6.07 Å². The highest BCUT2D eigenvalue weighted by Gasteiger charge is 2.04. The predicted octanol–water partition coefficient (Wildman–Crippen LogP) is 1.65. The maximum absolute atomic E-state index is 8.84. The van der Waals surface area contributed by atoms with Crippen molar-refractivity contribution in [3.8, 4) is 6.07 Å². The first-order chi connectivity index (χ1) is 7.27. The van der Waals surface area contributed by atoms with Gasteiger partial charge in [-0.25, -0.2) is 0 Å². The Hall–Kier alpha value is -1.60. The topological polar surface area (TPSA) is 57.9 Å². The van der Waals surface area contributed by atoms with Crippen molar-refractivity contribution in [1.29, 1.82) is 5.26 Å². The molecular formula is C11H15N3O. The number of hydrogen-bond acceptors (Lipinski definition) is 4. The van der Waals surface area contributed by atoms with Gasteiger partial charge < -0.3 is 10.1 Å². The first-order valence-electron chi connectivity index (χ1n) is 4.85. The summed E-state index contributed by atoms with van der Waals surface area (Å²) < 4.78 is 5.03. The van der Waals surface area contributed by atoms with Crippen molar-refractivity contribution in [1.82, 2.24) is 4.98 Å². The molecule has 0 aliphatic carbocycles. The standard InChI is InChI=1S/C11H15N3O/c1-9(8-15-2)6-14-11-7-13-4-3-10(11)5-12/h3-4,7,9,14H,6,8H2,1-2H3. The zero-order chi connectivity index (χ0) is 11.1. The Labute approximate surface area is 89.9 Å². The summed E-state index contributed by atoms with van der Waals surface area (Å²) in [5.74, 6) is 0.404. The molecule has 0 spiro atoms. The first-order valence-corrected chi connectivity index (χ1v) is 4.85. The van der Waals surface area contributed by atoms with Crippen LogP contribution in [-0.4, -0.2) is 25.2 Å². The lowest BCUT2D eigenvalue weighted by atomic mass is 10.2. The van der Waals surface area contributed by atoms with Gasteiger partial charge in [0.15, 0.2) is 0 Å². The number of nitrogens with zero attached hydrogens (tertiary/aromatic N) is 2. The molecule has 1 N–H and O–H groups in total. The third-order valence-corrected chi connectivity index (χ3v) is 2.03. The Morgan fingerprint density at radius 3 is 3.13 bits per heavy atom. The number of nitriles is 1. The molecule has 80 valence electrons. The second-order valence-corrected chi connectivity index (χ2v) is 3.47. The van der Waals surface area contributed by atoms with Crippen molar-refractivity contribution < 1.29 is 4.74 Å². The average molecular weight is 205 g/mol. The maximum atomic E-state index is 8.84. The number of aromatic nitrogens is 1. The summed E-state index contributed by atoms with van der Waals surface area (Å²) in [7, 11) is 1.68. The Morgan fingerprint density at radius 1 is 1.67 bits per heavy atom. The van der Waals surface area contributed by atoms with Crippen LogP contribution in [0.1, 0.15) is 12.5 Å². The number of nitrogens with one attached hydrogen (secondary N) is 1. The Balaban J connectivity index is 2.54. The van der Waals surface area contributed by atoms with Crippen LogP contribution in [0.15, 0.2) is 18.5 Å². The summed E-state index contributed by atoms with van der Waals surface area (Å²) in [6.07, 6.45) is 3.28. The smallest absolute Gasteiger partial charge is 0.101 e. The van der Waals surface area contributed by atoms with Gasteiger partial charge in [-0.15, -0.1) is 0 Å². The number of hydrogen-bond donors (Lipinski definition) is 1. The van der Waals surface area contributed by atoms with E-state index >= 15 is 0 Å². The quantitative estimate of drug-likeness (QED) is 0.794. The number of ether oxygens (including phenoxy) is 1. The molecule has 0 radical (unpaired) electrons. The summed E-state index contributed by atoms with van der Waals surface area (Å²) in [4.78, 5) is 3.97. The van der Waals surface area contributed by atoms with Crippen molar-refractivity contribution in [2.75, 3.05) is 25.6 Å². The van der Waals surface area contributed by atoms with Gasteiger partial charge in [0, 0.05) is 19.9 Å². The fourth-order valence-corrected chi connectivity index (χ4v) is 1.26. The van der Waals surface area contributed by atoms with Gasteiger partial charge in [-0.2, -0.15) is 5.26 Å². The van der Waals surface area contributed by atoms with Crippen LogP contribution in [0.25, 0.3) is 0 Å². The maximum Gasteiger partial charge on any atom is 0.101 e. The van der Waals surface area contributed by atoms with Gasteiger partial charge in [-0.1, -0.05) is 6.92 Å². The lowest BCUT2D eigenvalue weighted by Gasteiger charge is -2.12. The van der Waals surface area contributed by atoms with E-state index in [1.165, 1.54) is 0 Å². The molecule has 0 bridgehead atoms. The second-order valence-electron chi connectivity index (χ2n) is 3.47. The van der Waals surface area contributed by atoms with Crippen molar-refractivity contribution in [2.24, 2.45) is 5.92 Å². The largest absolute Gasteiger partial charge is 0.384 e. The molecule has 1 aromatic heterocycles. The van der Waals surface area contributed by atoms with Gasteiger partial charge in [0.05, 0.1) is 24.1 Å². The van der Waals surface area contributed by atoms with Crippen LogP contribution in [-0.2, 0) is 4.74 Å². The molecular weight excluding hydrogens is 190 g/mol. The fourth-order valence-electron chi connectivity index (χ4n) is 1.26. The SMILES string of the molecule is COCC(C)CNc1cnccc1C#N. The van der Waals surface area contributed by atoms with E-state index < -0.39 is 0 Å². The summed E-state index contributed by atoms with van der Waals surface area (Å²) in [5.41, 5.74) is 1.40. The first kappa shape index (κ1) is 11.5. The van der Waals surface area contributed by atoms with Crippen LogP contribution in [0.2, 0.25) is 0 Å². The van der Waals surface area contributed by atoms with E-state index in [0.717, 1.165) is 12.2 Å². The minimum absolute atomic E-state index is 0.404. The molecule has 1 rings (SSSR count). The lowest BCUT2D eigenvalue weighted by molar-refractivity contribution is 0.164. The van der Waals surface area contributed by atoms with E-state index in [-0.39, 0.29) is 0 Å². The van der Waals surface area contributed by atoms with Gasteiger partial charge in [-0.3, -0.25) is 4.98 Å². The number of methoxy groups -OCH3 is 1. The van der Waals surface area contributed by atoms with Crippen molar-refractivity contribution in [3.63, 3.8) is 0 Å². The second kappa shape index (κ2) is 5.99. The van der Waals surface area contributed by atoms with Crippen LogP contribution in [0, 0.1) is 17.2 Å². The van der Waals surface area contributed by atoms with E-state index in [4.69, 9.17) is 10.00 Å². The van der Waals surface area contributed by atoms with Gasteiger partial charge in [0.2, 0.25) is 0 Å². The predicted molar refractivity (Wildman–Crippen MR) is 58.5 cm³/mol. The van der Waals surface area contributed by atoms with Gasteiger partial charge in [0.25, 0.3) is 0 Å². The molecule has 0 aliphatic rings. The molecule has 4 heteroatoms. The van der Waals surface area contributed by atoms with Crippen LogP contribution in [0.5, 0.6) is 0 Å². The van der Waals surface area contributed by atoms with Crippen molar-refractivity contribution >= 4 is 5.69 Å². The minimum atomic E-state index is 0.404. The molecule has 1 aromatic rings. The van der Waals surface area contributed by atoms with Crippen molar-refractivity contribution in [3.05, 3.63) is 24.0 Å². The van der Waals surface area contributed by atoms with Crippen molar-refractivity contribution in [2.45, 2.75) is 6.92 Å². The summed E-state index contributed by atoms with van der Waals surface area (Å²) in [6, 6.07) is 3.82. The van der Waals surface area contributed by atoms with Crippen LogP contribution in [0.3, 0.4) is 0 Å². The molecule has 0 amide bonds. The lowest BCUT2D eigenvalue weighted by Crippen LogP contribution is -2.16. The van der Waals surface area contributed by atoms with E-state index in [1.54, 1.807) is 25.6 Å². The van der Waals surface area contributed by atoms with E-state index in [2.05, 4.69) is 23.3 Å². The number of anilines is 1. The molecule has 0 aliphatic heterocycles. The Kier molecular flexibility index (Phi) is 4.58. The molecule has 0 aromatic carbocycles. The molecule has 0 saturated heterocycles. The zero-order valence-corrected chi connectivity index (χ0v) is 9.03. The number of rotatable bonds is 5. The van der Waals surface area contributed by atoms with Crippen LogP contribution >= 0.6 is 0 Å². The highest BCUT2D eigenvalue weighted by atomic mass is 16.5. The molecule has 15 heavy (non-hydrogen) atoms. The third-order valence-electron chi connectivity index (χ3n) is 2.03. The van der Waals surface area contributed by atoms with E-state index in [0.29, 0.717) is 18.1 Å². The molecule has 1 heterocycles. The third kappa shape index (κ3) is 3.56. The molecule has 1 unspecified atom stereocenters. The van der Waals surface area contributed by atoms with Crippen LogP contribution in [0.4, 0.5) is 5.69 Å². The summed E-state index contributed by atoms with van der Waals surface area (Å²) in [5, 5.41) is 12.0. The Morgan fingerprint density at radius 2 is 2.47 bits per heavy atom. The van der Waals surface area contributed by atoms with E-state index in [1.807, 2.05) is 0 Å². The molecule has 0 saturated carbocycles. The highest BCUT2D eigenvalue weighted by Crippen LogP contribution is 2.12. The van der Waals surface area contributed by atoms with Gasteiger partial charge >= 0.3 is 0 Å².